The van der Waals surface area contributed by atoms with Gasteiger partial charge in [0.1, 0.15) is 5.75 Å². The van der Waals surface area contributed by atoms with E-state index in [1.807, 2.05) is 6.07 Å². The molecule has 0 aliphatic heterocycles. The molecule has 0 heterocycles. The van der Waals surface area contributed by atoms with Gasteiger partial charge in [-0.05, 0) is 29.8 Å². The molecule has 0 saturated carbocycles. The zero-order valence-corrected chi connectivity index (χ0v) is 11.6. The maximum absolute atomic E-state index is 12.3. The smallest absolute Gasteiger partial charge is 0.387 e. The number of ether oxygens (including phenoxy) is 1. The summed E-state index contributed by atoms with van der Waals surface area (Å²) in [6.45, 7) is -2.56. The second-order valence-electron chi connectivity index (χ2n) is 4.15. The molecule has 3 nitrogen and oxygen atoms in total. The second kappa shape index (κ2) is 6.91. The number of para-hydroxylation sites is 2. The van der Waals surface area contributed by atoms with E-state index in [1.54, 1.807) is 36.4 Å². The van der Waals surface area contributed by atoms with Gasteiger partial charge in [-0.1, -0.05) is 29.8 Å². The third kappa shape index (κ3) is 4.07. The highest BCUT2D eigenvalue weighted by Gasteiger charge is 2.09. The Kier molecular flexibility index (Phi) is 4.96. The van der Waals surface area contributed by atoms with Crippen LogP contribution in [0.2, 0.25) is 5.02 Å². The van der Waals surface area contributed by atoms with Crippen LogP contribution in [0.1, 0.15) is 11.1 Å². The maximum Gasteiger partial charge on any atom is 0.387 e. The van der Waals surface area contributed by atoms with E-state index < -0.39 is 6.61 Å². The molecule has 0 spiro atoms. The number of nitrogens with zero attached hydrogens (tertiary/aromatic N) is 1. The summed E-state index contributed by atoms with van der Waals surface area (Å²) in [7, 11) is 0. The summed E-state index contributed by atoms with van der Waals surface area (Å²) < 4.78 is 29.0. The molecule has 108 valence electrons. The molecule has 0 fully saturated rings. The molecule has 2 aromatic carbocycles. The van der Waals surface area contributed by atoms with Gasteiger partial charge >= 0.3 is 6.61 Å². The fourth-order valence-electron chi connectivity index (χ4n) is 1.76. The Hall–Kier alpha value is -2.32. The predicted molar refractivity (Wildman–Crippen MR) is 76.6 cm³/mol. The van der Waals surface area contributed by atoms with Crippen LogP contribution in [-0.2, 0) is 6.54 Å². The van der Waals surface area contributed by atoms with Crippen LogP contribution < -0.4 is 10.1 Å². The lowest BCUT2D eigenvalue weighted by atomic mass is 10.1. The summed E-state index contributed by atoms with van der Waals surface area (Å²) in [5, 5.41) is 12.2. The van der Waals surface area contributed by atoms with Crippen molar-refractivity contribution >= 4 is 17.3 Å². The topological polar surface area (TPSA) is 45.0 Å². The molecule has 0 amide bonds. The maximum atomic E-state index is 12.3. The standard InChI is InChI=1S/C15H11ClF2N2O/c16-12-7-10(8-19)5-6-11(12)9-20-13-3-1-2-4-14(13)21-15(17)18/h1-7,15,20H,9H2. The molecule has 0 aliphatic rings. The molecule has 0 unspecified atom stereocenters. The summed E-state index contributed by atoms with van der Waals surface area (Å²) >= 11 is 6.06. The number of benzene rings is 2. The number of hydrogen-bond donors (Lipinski definition) is 1. The van der Waals surface area contributed by atoms with Gasteiger partial charge < -0.3 is 10.1 Å². The average molecular weight is 309 g/mol. The van der Waals surface area contributed by atoms with E-state index in [1.165, 1.54) is 6.07 Å². The van der Waals surface area contributed by atoms with Gasteiger partial charge in [0.2, 0.25) is 0 Å². The monoisotopic (exact) mass is 308 g/mol. The quantitative estimate of drug-likeness (QED) is 0.889. The van der Waals surface area contributed by atoms with Gasteiger partial charge in [0.15, 0.2) is 0 Å². The molecule has 2 aromatic rings. The van der Waals surface area contributed by atoms with Crippen molar-refractivity contribution in [2.24, 2.45) is 0 Å². The lowest BCUT2D eigenvalue weighted by molar-refractivity contribution is -0.0493. The van der Waals surface area contributed by atoms with Crippen LogP contribution in [0, 0.1) is 11.3 Å². The van der Waals surface area contributed by atoms with Crippen molar-refractivity contribution in [1.29, 1.82) is 5.26 Å². The minimum atomic E-state index is -2.88. The number of rotatable bonds is 5. The first kappa shape index (κ1) is 15.1. The number of hydrogen-bond acceptors (Lipinski definition) is 3. The number of halogens is 3. The van der Waals surface area contributed by atoms with Crippen LogP contribution in [0.4, 0.5) is 14.5 Å². The molecule has 21 heavy (non-hydrogen) atoms. The Labute approximate surface area is 125 Å². The molecular formula is C15H11ClF2N2O. The molecule has 0 aromatic heterocycles. The normalized spacial score (nSPS) is 10.2. The van der Waals surface area contributed by atoms with Crippen molar-refractivity contribution in [3.05, 3.63) is 58.6 Å². The molecule has 0 bridgehead atoms. The molecule has 0 aliphatic carbocycles. The summed E-state index contributed by atoms with van der Waals surface area (Å²) in [6, 6.07) is 13.3. The van der Waals surface area contributed by atoms with Crippen molar-refractivity contribution in [1.82, 2.24) is 0 Å². The van der Waals surface area contributed by atoms with Gasteiger partial charge in [0, 0.05) is 11.6 Å². The summed E-state index contributed by atoms with van der Waals surface area (Å²) in [5.41, 5.74) is 1.66. The fraction of sp³-hybridized carbons (Fsp3) is 0.133. The minimum Gasteiger partial charge on any atom is -0.433 e. The van der Waals surface area contributed by atoms with Crippen LogP contribution >= 0.6 is 11.6 Å². The number of alkyl halides is 2. The van der Waals surface area contributed by atoms with Gasteiger partial charge in [-0.3, -0.25) is 0 Å². The Morgan fingerprint density at radius 3 is 2.67 bits per heavy atom. The molecule has 1 N–H and O–H groups in total. The summed E-state index contributed by atoms with van der Waals surface area (Å²) in [4.78, 5) is 0. The Balaban J connectivity index is 2.12. The highest BCUT2D eigenvalue weighted by molar-refractivity contribution is 6.31. The second-order valence-corrected chi connectivity index (χ2v) is 4.55. The molecule has 0 radical (unpaired) electrons. The van der Waals surface area contributed by atoms with E-state index in [-0.39, 0.29) is 5.75 Å². The molecule has 6 heteroatoms. The van der Waals surface area contributed by atoms with Gasteiger partial charge in [0.25, 0.3) is 0 Å². The first-order valence-electron chi connectivity index (χ1n) is 6.06. The van der Waals surface area contributed by atoms with Crippen LogP contribution in [-0.4, -0.2) is 6.61 Å². The largest absolute Gasteiger partial charge is 0.433 e. The molecular weight excluding hydrogens is 298 g/mol. The van der Waals surface area contributed by atoms with Crippen molar-refractivity contribution in [2.45, 2.75) is 13.2 Å². The molecule has 2 rings (SSSR count). The van der Waals surface area contributed by atoms with Gasteiger partial charge in [-0.2, -0.15) is 14.0 Å². The number of nitriles is 1. The molecule has 0 atom stereocenters. The fourth-order valence-corrected chi connectivity index (χ4v) is 2.01. The zero-order chi connectivity index (χ0) is 15.2. The van der Waals surface area contributed by atoms with Crippen LogP contribution in [0.15, 0.2) is 42.5 Å². The van der Waals surface area contributed by atoms with Crippen molar-refractivity contribution in [3.8, 4) is 11.8 Å². The van der Waals surface area contributed by atoms with E-state index in [4.69, 9.17) is 16.9 Å². The highest BCUT2D eigenvalue weighted by Crippen LogP contribution is 2.27. The third-order valence-corrected chi connectivity index (χ3v) is 3.11. The average Bonchev–Trinajstić information content (AvgIpc) is 2.46. The summed E-state index contributed by atoms with van der Waals surface area (Å²) in [5.74, 6) is 0.0669. The van der Waals surface area contributed by atoms with E-state index in [0.717, 1.165) is 5.56 Å². The Morgan fingerprint density at radius 2 is 2.00 bits per heavy atom. The lowest BCUT2D eigenvalue weighted by Crippen LogP contribution is -2.06. The SMILES string of the molecule is N#Cc1ccc(CNc2ccccc2OC(F)F)c(Cl)c1. The number of anilines is 1. The first-order chi connectivity index (χ1) is 10.1. The highest BCUT2D eigenvalue weighted by atomic mass is 35.5. The zero-order valence-electron chi connectivity index (χ0n) is 10.8. The lowest BCUT2D eigenvalue weighted by Gasteiger charge is -2.13. The van der Waals surface area contributed by atoms with E-state index in [9.17, 15) is 8.78 Å². The van der Waals surface area contributed by atoms with E-state index >= 15 is 0 Å². The predicted octanol–water partition coefficient (Wildman–Crippen LogP) is 4.43. The van der Waals surface area contributed by atoms with E-state index in [2.05, 4.69) is 10.1 Å². The third-order valence-electron chi connectivity index (χ3n) is 2.75. The van der Waals surface area contributed by atoms with E-state index in [0.29, 0.717) is 22.8 Å². The van der Waals surface area contributed by atoms with Crippen LogP contribution in [0.25, 0.3) is 0 Å². The van der Waals surface area contributed by atoms with Gasteiger partial charge in [0.05, 0.1) is 17.3 Å². The van der Waals surface area contributed by atoms with Crippen molar-refractivity contribution in [3.63, 3.8) is 0 Å². The Bertz CT molecular complexity index is 671. The molecule has 0 saturated heterocycles. The van der Waals surface area contributed by atoms with Crippen molar-refractivity contribution < 1.29 is 13.5 Å². The van der Waals surface area contributed by atoms with Crippen LogP contribution in [0.3, 0.4) is 0 Å². The van der Waals surface area contributed by atoms with Crippen LogP contribution in [0.5, 0.6) is 5.75 Å². The van der Waals surface area contributed by atoms with Gasteiger partial charge in [-0.25, -0.2) is 0 Å². The van der Waals surface area contributed by atoms with Gasteiger partial charge in [-0.15, -0.1) is 0 Å². The first-order valence-corrected chi connectivity index (χ1v) is 6.44. The Morgan fingerprint density at radius 1 is 1.24 bits per heavy atom. The summed E-state index contributed by atoms with van der Waals surface area (Å²) in [6.07, 6.45) is 0. The minimum absolute atomic E-state index is 0.0669. The number of nitrogens with one attached hydrogen (secondary N) is 1. The van der Waals surface area contributed by atoms with Crippen molar-refractivity contribution in [2.75, 3.05) is 5.32 Å².